The van der Waals surface area contributed by atoms with Crippen molar-refractivity contribution < 1.29 is 13.9 Å². The van der Waals surface area contributed by atoms with Gasteiger partial charge in [-0.2, -0.15) is 0 Å². The monoisotopic (exact) mass is 252 g/mol. The van der Waals surface area contributed by atoms with E-state index in [1.807, 2.05) is 12.1 Å². The van der Waals surface area contributed by atoms with Crippen LogP contribution in [0.15, 0.2) is 16.5 Å². The van der Waals surface area contributed by atoms with Crippen molar-refractivity contribution in [2.75, 3.05) is 6.61 Å². The molecule has 2 rings (SSSR count). The second kappa shape index (κ2) is 5.09. The quantitative estimate of drug-likeness (QED) is 0.782. The van der Waals surface area contributed by atoms with Crippen molar-refractivity contribution >= 4 is 17.3 Å². The topological polar surface area (TPSA) is 65.2 Å². The minimum atomic E-state index is -0.585. The predicted octanol–water partition coefficient (Wildman–Crippen LogP) is 2.54. The Morgan fingerprint density at radius 1 is 1.41 bits per heavy atom. The molecule has 17 heavy (non-hydrogen) atoms. The van der Waals surface area contributed by atoms with Crippen molar-refractivity contribution in [3.63, 3.8) is 0 Å². The van der Waals surface area contributed by atoms with Crippen LogP contribution < -0.4 is 0 Å². The first kappa shape index (κ1) is 11.8. The summed E-state index contributed by atoms with van der Waals surface area (Å²) in [7, 11) is 0. The summed E-state index contributed by atoms with van der Waals surface area (Å²) in [5.41, 5.74) is 0. The summed E-state index contributed by atoms with van der Waals surface area (Å²) in [6.07, 6.45) is 0.962. The predicted molar refractivity (Wildman–Crippen MR) is 62.9 cm³/mol. The number of hydrogen-bond acceptors (Lipinski definition) is 6. The second-order valence-electron chi connectivity index (χ2n) is 3.25. The zero-order valence-corrected chi connectivity index (χ0v) is 10.4. The van der Waals surface area contributed by atoms with Gasteiger partial charge in [0.1, 0.15) is 0 Å². The van der Waals surface area contributed by atoms with Crippen molar-refractivity contribution in [2.45, 2.75) is 20.3 Å². The van der Waals surface area contributed by atoms with Gasteiger partial charge in [-0.1, -0.05) is 6.92 Å². The maximum atomic E-state index is 11.3. The Morgan fingerprint density at radius 2 is 2.24 bits per heavy atom. The average Bonchev–Trinajstić information content (AvgIpc) is 2.98. The van der Waals surface area contributed by atoms with Crippen LogP contribution in [0.3, 0.4) is 0 Å². The normalized spacial score (nSPS) is 10.5. The van der Waals surface area contributed by atoms with Crippen molar-refractivity contribution in [2.24, 2.45) is 0 Å². The lowest BCUT2D eigenvalue weighted by Gasteiger charge is -1.93. The van der Waals surface area contributed by atoms with Crippen LogP contribution in [0.5, 0.6) is 0 Å². The molecule has 2 heterocycles. The zero-order valence-electron chi connectivity index (χ0n) is 9.60. The van der Waals surface area contributed by atoms with E-state index in [2.05, 4.69) is 17.1 Å². The van der Waals surface area contributed by atoms with Gasteiger partial charge >= 0.3 is 11.9 Å². The van der Waals surface area contributed by atoms with Crippen LogP contribution in [0, 0.1) is 0 Å². The average molecular weight is 252 g/mol. The number of aryl methyl sites for hydroxylation is 1. The highest BCUT2D eigenvalue weighted by Crippen LogP contribution is 2.27. The van der Waals surface area contributed by atoms with E-state index in [0.29, 0.717) is 5.89 Å². The Hall–Kier alpha value is -1.69. The third-order valence-electron chi connectivity index (χ3n) is 2.10. The Balaban J connectivity index is 2.20. The van der Waals surface area contributed by atoms with Gasteiger partial charge in [0.2, 0.25) is 0 Å². The van der Waals surface area contributed by atoms with Gasteiger partial charge < -0.3 is 9.15 Å². The van der Waals surface area contributed by atoms with E-state index in [4.69, 9.17) is 9.15 Å². The summed E-state index contributed by atoms with van der Waals surface area (Å²) >= 11 is 1.58. The minimum absolute atomic E-state index is 0.103. The molecule has 0 spiro atoms. The third kappa shape index (κ3) is 2.52. The van der Waals surface area contributed by atoms with Crippen LogP contribution in [-0.4, -0.2) is 22.8 Å². The molecule has 0 N–H and O–H groups in total. The molecule has 0 unspecified atom stereocenters. The Morgan fingerprint density at radius 3 is 2.88 bits per heavy atom. The molecule has 0 bridgehead atoms. The molecule has 2 aromatic heterocycles. The van der Waals surface area contributed by atoms with Crippen molar-refractivity contribution in [3.8, 4) is 10.8 Å². The Kier molecular flexibility index (Phi) is 3.53. The van der Waals surface area contributed by atoms with Crippen molar-refractivity contribution in [3.05, 3.63) is 22.9 Å². The van der Waals surface area contributed by atoms with E-state index in [-0.39, 0.29) is 12.5 Å². The molecule has 0 aliphatic heterocycles. The molecule has 0 aromatic carbocycles. The van der Waals surface area contributed by atoms with Gasteiger partial charge in [-0.05, 0) is 25.5 Å². The van der Waals surface area contributed by atoms with Crippen molar-refractivity contribution in [1.82, 2.24) is 10.2 Å². The first-order valence-electron chi connectivity index (χ1n) is 5.34. The van der Waals surface area contributed by atoms with Gasteiger partial charge in [-0.3, -0.25) is 0 Å². The molecule has 0 atom stereocenters. The van der Waals surface area contributed by atoms with E-state index in [9.17, 15) is 4.79 Å². The van der Waals surface area contributed by atoms with Crippen LogP contribution in [0.25, 0.3) is 10.8 Å². The summed E-state index contributed by atoms with van der Waals surface area (Å²) in [5, 5.41) is 7.49. The third-order valence-corrected chi connectivity index (χ3v) is 3.31. The van der Waals surface area contributed by atoms with Crippen LogP contribution in [0.2, 0.25) is 0 Å². The number of hydrogen-bond donors (Lipinski definition) is 0. The zero-order chi connectivity index (χ0) is 12.3. The number of ether oxygens (including phenoxy) is 1. The summed E-state index contributed by atoms with van der Waals surface area (Å²) in [6, 6.07) is 3.92. The van der Waals surface area contributed by atoms with Crippen LogP contribution in [0.4, 0.5) is 0 Å². The summed E-state index contributed by atoms with van der Waals surface area (Å²) in [6.45, 7) is 4.09. The van der Waals surface area contributed by atoms with Crippen molar-refractivity contribution in [1.29, 1.82) is 0 Å². The fourth-order valence-electron chi connectivity index (χ4n) is 1.28. The molecule has 2 aromatic rings. The number of carbonyl (C=O) groups excluding carboxylic acids is 1. The molecule has 90 valence electrons. The number of aromatic nitrogens is 2. The van der Waals surface area contributed by atoms with Gasteiger partial charge in [-0.25, -0.2) is 4.79 Å². The van der Waals surface area contributed by atoms with Crippen LogP contribution in [0.1, 0.15) is 29.4 Å². The minimum Gasteiger partial charge on any atom is -0.459 e. The molecule has 0 radical (unpaired) electrons. The van der Waals surface area contributed by atoms with Gasteiger partial charge in [0.25, 0.3) is 5.89 Å². The molecule has 0 saturated carbocycles. The number of carbonyl (C=O) groups is 1. The fourth-order valence-corrected chi connectivity index (χ4v) is 2.15. The summed E-state index contributed by atoms with van der Waals surface area (Å²) < 4.78 is 10.0. The van der Waals surface area contributed by atoms with Crippen LogP contribution in [-0.2, 0) is 11.2 Å². The van der Waals surface area contributed by atoms with Gasteiger partial charge in [0.05, 0.1) is 11.5 Å². The fraction of sp³-hybridized carbons (Fsp3) is 0.364. The van der Waals surface area contributed by atoms with E-state index >= 15 is 0 Å². The molecule has 0 fully saturated rings. The largest absolute Gasteiger partial charge is 0.459 e. The van der Waals surface area contributed by atoms with Crippen LogP contribution >= 0.6 is 11.3 Å². The summed E-state index contributed by atoms with van der Waals surface area (Å²) in [5.74, 6) is -0.329. The maximum absolute atomic E-state index is 11.3. The van der Waals surface area contributed by atoms with E-state index in [1.165, 1.54) is 4.88 Å². The standard InChI is InChI=1S/C11H12N2O3S/c1-3-7-5-6-8(17-7)9-12-13-10(16-9)11(14)15-4-2/h5-6H,3-4H2,1-2H3. The maximum Gasteiger partial charge on any atom is 0.396 e. The number of nitrogens with zero attached hydrogens (tertiary/aromatic N) is 2. The highest BCUT2D eigenvalue weighted by atomic mass is 32.1. The van der Waals surface area contributed by atoms with Gasteiger partial charge in [-0.15, -0.1) is 21.5 Å². The molecule has 0 amide bonds. The molecule has 6 heteroatoms. The lowest BCUT2D eigenvalue weighted by Crippen LogP contribution is -2.04. The molecule has 5 nitrogen and oxygen atoms in total. The smallest absolute Gasteiger partial charge is 0.396 e. The summed E-state index contributed by atoms with van der Waals surface area (Å²) in [4.78, 5) is 13.4. The van der Waals surface area contributed by atoms with E-state index in [1.54, 1.807) is 18.3 Å². The number of rotatable bonds is 4. The Bertz CT molecular complexity index is 518. The first-order valence-corrected chi connectivity index (χ1v) is 6.16. The molecule has 0 aliphatic rings. The Labute approximate surface area is 102 Å². The molecular weight excluding hydrogens is 240 g/mol. The van der Waals surface area contributed by atoms with E-state index in [0.717, 1.165) is 11.3 Å². The molecular formula is C11H12N2O3S. The van der Waals surface area contributed by atoms with E-state index < -0.39 is 5.97 Å². The number of esters is 1. The highest BCUT2D eigenvalue weighted by molar-refractivity contribution is 7.15. The second-order valence-corrected chi connectivity index (χ2v) is 4.42. The van der Waals surface area contributed by atoms with Gasteiger partial charge in [0.15, 0.2) is 0 Å². The first-order chi connectivity index (χ1) is 8.24. The van der Waals surface area contributed by atoms with Gasteiger partial charge in [0, 0.05) is 4.88 Å². The molecule has 0 saturated heterocycles. The number of thiophene rings is 1. The lowest BCUT2D eigenvalue weighted by molar-refractivity contribution is 0.0481. The SMILES string of the molecule is CCOC(=O)c1nnc(-c2ccc(CC)s2)o1. The molecule has 0 aliphatic carbocycles. The lowest BCUT2D eigenvalue weighted by atomic mass is 10.4. The highest BCUT2D eigenvalue weighted by Gasteiger charge is 2.17.